The third-order valence-corrected chi connectivity index (χ3v) is 3.71. The number of methoxy groups -OCH3 is 1. The summed E-state index contributed by atoms with van der Waals surface area (Å²) < 4.78 is 5.16. The molecule has 2 aromatic carbocycles. The van der Waals surface area contributed by atoms with Crippen molar-refractivity contribution in [1.29, 1.82) is 0 Å². The fraction of sp³-hybridized carbons (Fsp3) is 0.100. The van der Waals surface area contributed by atoms with Crippen LogP contribution in [-0.2, 0) is 6.54 Å². The Hall–Kier alpha value is -3.14. The zero-order chi connectivity index (χ0) is 16.8. The number of ether oxygens (including phenoxy) is 1. The molecule has 0 N–H and O–H groups in total. The SMILES string of the molecule is COc1ccc(C(=O)N(Cc2cccnc2)c2ccccc2)cc1. The van der Waals surface area contributed by atoms with Gasteiger partial charge in [0.2, 0.25) is 0 Å². The predicted molar refractivity (Wildman–Crippen MR) is 94.2 cm³/mol. The van der Waals surface area contributed by atoms with E-state index in [1.54, 1.807) is 48.7 Å². The van der Waals surface area contributed by atoms with Crippen LogP contribution in [0.5, 0.6) is 5.75 Å². The van der Waals surface area contributed by atoms with E-state index in [1.807, 2.05) is 42.5 Å². The number of para-hydroxylation sites is 1. The van der Waals surface area contributed by atoms with E-state index in [0.29, 0.717) is 12.1 Å². The van der Waals surface area contributed by atoms with Gasteiger partial charge in [0, 0.05) is 23.6 Å². The van der Waals surface area contributed by atoms with E-state index in [2.05, 4.69) is 4.98 Å². The molecule has 4 heteroatoms. The minimum atomic E-state index is -0.0623. The lowest BCUT2D eigenvalue weighted by Crippen LogP contribution is -2.30. The van der Waals surface area contributed by atoms with Crippen LogP contribution in [0.15, 0.2) is 79.1 Å². The molecule has 0 fully saturated rings. The third kappa shape index (κ3) is 3.60. The van der Waals surface area contributed by atoms with Crippen molar-refractivity contribution in [2.24, 2.45) is 0 Å². The largest absolute Gasteiger partial charge is 0.497 e. The Morgan fingerprint density at radius 3 is 2.38 bits per heavy atom. The number of pyridine rings is 1. The van der Waals surface area contributed by atoms with Gasteiger partial charge < -0.3 is 9.64 Å². The molecular weight excluding hydrogens is 300 g/mol. The number of hydrogen-bond donors (Lipinski definition) is 0. The summed E-state index contributed by atoms with van der Waals surface area (Å²) in [6, 6.07) is 20.6. The predicted octanol–water partition coefficient (Wildman–Crippen LogP) is 3.94. The van der Waals surface area contributed by atoms with Gasteiger partial charge >= 0.3 is 0 Å². The Bertz CT molecular complexity index is 787. The van der Waals surface area contributed by atoms with Gasteiger partial charge in [-0.3, -0.25) is 9.78 Å². The highest BCUT2D eigenvalue weighted by atomic mass is 16.5. The lowest BCUT2D eigenvalue weighted by atomic mass is 10.1. The maximum atomic E-state index is 13.0. The Kier molecular flexibility index (Phi) is 4.87. The van der Waals surface area contributed by atoms with Crippen LogP contribution in [0.2, 0.25) is 0 Å². The molecule has 3 aromatic rings. The normalized spacial score (nSPS) is 10.2. The molecule has 0 aliphatic heterocycles. The molecule has 0 aliphatic rings. The third-order valence-electron chi connectivity index (χ3n) is 3.71. The number of carbonyl (C=O) groups excluding carboxylic acids is 1. The number of amides is 1. The van der Waals surface area contributed by atoms with Crippen molar-refractivity contribution < 1.29 is 9.53 Å². The molecule has 0 radical (unpaired) electrons. The average molecular weight is 318 g/mol. The highest BCUT2D eigenvalue weighted by molar-refractivity contribution is 6.06. The Labute approximate surface area is 141 Å². The Balaban J connectivity index is 1.92. The molecule has 120 valence electrons. The van der Waals surface area contributed by atoms with Crippen LogP contribution in [0.3, 0.4) is 0 Å². The van der Waals surface area contributed by atoms with E-state index in [4.69, 9.17) is 4.74 Å². The second kappa shape index (κ2) is 7.42. The van der Waals surface area contributed by atoms with E-state index in [9.17, 15) is 4.79 Å². The van der Waals surface area contributed by atoms with Gasteiger partial charge in [-0.25, -0.2) is 0 Å². The fourth-order valence-corrected chi connectivity index (χ4v) is 2.45. The number of carbonyl (C=O) groups is 1. The summed E-state index contributed by atoms with van der Waals surface area (Å²) in [4.78, 5) is 18.9. The van der Waals surface area contributed by atoms with Gasteiger partial charge in [-0.15, -0.1) is 0 Å². The van der Waals surface area contributed by atoms with Crippen molar-refractivity contribution in [1.82, 2.24) is 4.98 Å². The smallest absolute Gasteiger partial charge is 0.258 e. The molecule has 3 rings (SSSR count). The average Bonchev–Trinajstić information content (AvgIpc) is 2.67. The first-order chi connectivity index (χ1) is 11.8. The van der Waals surface area contributed by atoms with Gasteiger partial charge in [0.15, 0.2) is 0 Å². The summed E-state index contributed by atoms with van der Waals surface area (Å²) in [6.07, 6.45) is 3.50. The van der Waals surface area contributed by atoms with Crippen molar-refractivity contribution in [3.63, 3.8) is 0 Å². The summed E-state index contributed by atoms with van der Waals surface area (Å²) >= 11 is 0. The molecule has 0 saturated carbocycles. The lowest BCUT2D eigenvalue weighted by Gasteiger charge is -2.23. The number of anilines is 1. The second-order valence-corrected chi connectivity index (χ2v) is 5.32. The van der Waals surface area contributed by atoms with Crippen LogP contribution in [0.1, 0.15) is 15.9 Å². The number of rotatable bonds is 5. The van der Waals surface area contributed by atoms with E-state index in [0.717, 1.165) is 17.0 Å². The summed E-state index contributed by atoms with van der Waals surface area (Å²) in [6.45, 7) is 0.461. The van der Waals surface area contributed by atoms with E-state index in [-0.39, 0.29) is 5.91 Å². The number of nitrogens with zero attached hydrogens (tertiary/aromatic N) is 2. The molecule has 0 saturated heterocycles. The molecule has 0 bridgehead atoms. The molecule has 0 aliphatic carbocycles. The van der Waals surface area contributed by atoms with Crippen LogP contribution < -0.4 is 9.64 Å². The monoisotopic (exact) mass is 318 g/mol. The number of benzene rings is 2. The van der Waals surface area contributed by atoms with Gasteiger partial charge in [0.1, 0.15) is 5.75 Å². The van der Waals surface area contributed by atoms with Gasteiger partial charge in [-0.1, -0.05) is 24.3 Å². The summed E-state index contributed by atoms with van der Waals surface area (Å²) in [5.74, 6) is 0.665. The summed E-state index contributed by atoms with van der Waals surface area (Å²) in [5.41, 5.74) is 2.44. The van der Waals surface area contributed by atoms with E-state index in [1.165, 1.54) is 0 Å². The molecular formula is C20H18N2O2. The van der Waals surface area contributed by atoms with Gasteiger partial charge in [0.05, 0.1) is 13.7 Å². The number of hydrogen-bond acceptors (Lipinski definition) is 3. The van der Waals surface area contributed by atoms with Crippen LogP contribution in [0.25, 0.3) is 0 Å². The highest BCUT2D eigenvalue weighted by Crippen LogP contribution is 2.21. The molecule has 0 spiro atoms. The molecule has 1 aromatic heterocycles. The van der Waals surface area contributed by atoms with Crippen molar-refractivity contribution in [3.05, 3.63) is 90.3 Å². The van der Waals surface area contributed by atoms with Crippen molar-refractivity contribution in [3.8, 4) is 5.75 Å². The van der Waals surface area contributed by atoms with Gasteiger partial charge in [-0.05, 0) is 48.0 Å². The van der Waals surface area contributed by atoms with Gasteiger partial charge in [-0.2, -0.15) is 0 Å². The maximum absolute atomic E-state index is 13.0. The molecule has 1 amide bonds. The minimum Gasteiger partial charge on any atom is -0.497 e. The van der Waals surface area contributed by atoms with E-state index < -0.39 is 0 Å². The van der Waals surface area contributed by atoms with Crippen LogP contribution in [-0.4, -0.2) is 18.0 Å². The minimum absolute atomic E-state index is 0.0623. The zero-order valence-corrected chi connectivity index (χ0v) is 13.4. The second-order valence-electron chi connectivity index (χ2n) is 5.32. The Morgan fingerprint density at radius 1 is 1.00 bits per heavy atom. The first-order valence-corrected chi connectivity index (χ1v) is 7.68. The van der Waals surface area contributed by atoms with Crippen molar-refractivity contribution >= 4 is 11.6 Å². The van der Waals surface area contributed by atoms with Crippen LogP contribution in [0.4, 0.5) is 5.69 Å². The fourth-order valence-electron chi connectivity index (χ4n) is 2.45. The molecule has 4 nitrogen and oxygen atoms in total. The molecule has 1 heterocycles. The first-order valence-electron chi connectivity index (χ1n) is 7.68. The quantitative estimate of drug-likeness (QED) is 0.715. The molecule has 24 heavy (non-hydrogen) atoms. The first kappa shape index (κ1) is 15.7. The standard InChI is InChI=1S/C20H18N2O2/c1-24-19-11-9-17(10-12-19)20(23)22(18-7-3-2-4-8-18)15-16-6-5-13-21-14-16/h2-14H,15H2,1H3. The van der Waals surface area contributed by atoms with Crippen LogP contribution >= 0.6 is 0 Å². The summed E-state index contributed by atoms with van der Waals surface area (Å²) in [7, 11) is 1.61. The molecule has 0 unspecified atom stereocenters. The van der Waals surface area contributed by atoms with E-state index >= 15 is 0 Å². The maximum Gasteiger partial charge on any atom is 0.258 e. The lowest BCUT2D eigenvalue weighted by molar-refractivity contribution is 0.0985. The van der Waals surface area contributed by atoms with Crippen molar-refractivity contribution in [2.45, 2.75) is 6.54 Å². The molecule has 0 atom stereocenters. The summed E-state index contributed by atoms with van der Waals surface area (Å²) in [5, 5.41) is 0. The number of aromatic nitrogens is 1. The van der Waals surface area contributed by atoms with Gasteiger partial charge in [0.25, 0.3) is 5.91 Å². The topological polar surface area (TPSA) is 42.4 Å². The Morgan fingerprint density at radius 2 is 1.75 bits per heavy atom. The van der Waals surface area contributed by atoms with Crippen molar-refractivity contribution in [2.75, 3.05) is 12.0 Å². The zero-order valence-electron chi connectivity index (χ0n) is 13.4. The highest BCUT2D eigenvalue weighted by Gasteiger charge is 2.18. The van der Waals surface area contributed by atoms with Crippen LogP contribution in [0, 0.1) is 0 Å².